The van der Waals surface area contributed by atoms with E-state index in [0.29, 0.717) is 0 Å². The Morgan fingerprint density at radius 3 is 1.41 bits per heavy atom. The number of aromatic nitrogens is 3. The van der Waals surface area contributed by atoms with Crippen LogP contribution in [-0.2, 0) is 0 Å². The van der Waals surface area contributed by atoms with Crippen molar-refractivity contribution in [2.75, 3.05) is 0 Å². The summed E-state index contributed by atoms with van der Waals surface area (Å²) < 4.78 is 4.28. The molecule has 0 spiro atoms. The van der Waals surface area contributed by atoms with E-state index in [1.165, 1.54) is 0 Å². The maximum atomic E-state index is 4.42. The van der Waals surface area contributed by atoms with Gasteiger partial charge in [0.05, 0.1) is 0 Å². The van der Waals surface area contributed by atoms with Crippen molar-refractivity contribution in [1.29, 1.82) is 0 Å². The van der Waals surface area contributed by atoms with E-state index in [0.717, 1.165) is 31.7 Å². The summed E-state index contributed by atoms with van der Waals surface area (Å²) in [5.41, 5.74) is 2.13. The van der Waals surface area contributed by atoms with Crippen molar-refractivity contribution in [2.45, 2.75) is 19.9 Å². The fraction of sp³-hybridized carbons (Fsp3) is 0.176. The van der Waals surface area contributed by atoms with Gasteiger partial charge in [0.25, 0.3) is 0 Å². The van der Waals surface area contributed by atoms with Crippen molar-refractivity contribution < 1.29 is 0 Å². The molecule has 3 aromatic rings. The van der Waals surface area contributed by atoms with Gasteiger partial charge in [-0.3, -0.25) is 0 Å². The third-order valence-corrected chi connectivity index (χ3v) is 4.47. The second kappa shape index (κ2) is 6.34. The average molecular weight is 421 g/mol. The Morgan fingerprint density at radius 2 is 1.09 bits per heavy atom. The Balaban J connectivity index is 2.13. The van der Waals surface area contributed by atoms with E-state index < -0.39 is 0 Å². The van der Waals surface area contributed by atoms with Crippen LogP contribution in [0.25, 0.3) is 22.8 Å². The third-order valence-electron chi connectivity index (χ3n) is 3.42. The van der Waals surface area contributed by atoms with Crippen LogP contribution < -0.4 is 0 Å². The maximum absolute atomic E-state index is 4.42. The summed E-state index contributed by atoms with van der Waals surface area (Å²) in [4.78, 5) is 0. The van der Waals surface area contributed by atoms with E-state index in [1.54, 1.807) is 0 Å². The normalized spacial score (nSPS) is 11.1. The number of nitrogens with zero attached hydrogens (tertiary/aromatic N) is 3. The van der Waals surface area contributed by atoms with Gasteiger partial charge >= 0.3 is 0 Å². The van der Waals surface area contributed by atoms with Crippen LogP contribution in [0.15, 0.2) is 57.5 Å². The second-order valence-corrected chi connectivity index (χ2v) is 7.16. The Morgan fingerprint density at radius 1 is 0.727 bits per heavy atom. The minimum Gasteiger partial charge on any atom is -0.304 e. The van der Waals surface area contributed by atoms with Gasteiger partial charge in [0, 0.05) is 26.1 Å². The molecule has 0 aliphatic heterocycles. The van der Waals surface area contributed by atoms with Crippen LogP contribution in [0.5, 0.6) is 0 Å². The molecule has 3 nitrogen and oxygen atoms in total. The molecule has 0 aliphatic carbocycles. The number of hydrogen-bond acceptors (Lipinski definition) is 2. The zero-order valence-corrected chi connectivity index (χ0v) is 15.5. The van der Waals surface area contributed by atoms with Gasteiger partial charge in [0.1, 0.15) is 0 Å². The SMILES string of the molecule is CC(C)n1c(-c2ccc(Br)cc2)nnc1-c1ccc(Br)cc1. The molecular weight excluding hydrogens is 406 g/mol. The lowest BCUT2D eigenvalue weighted by molar-refractivity contribution is 0.610. The van der Waals surface area contributed by atoms with E-state index in [1.807, 2.05) is 24.3 Å². The quantitative estimate of drug-likeness (QED) is 0.542. The summed E-state index contributed by atoms with van der Waals surface area (Å²) in [6.45, 7) is 4.29. The van der Waals surface area contributed by atoms with Gasteiger partial charge < -0.3 is 4.57 Å². The fourth-order valence-corrected chi connectivity index (χ4v) is 2.90. The van der Waals surface area contributed by atoms with E-state index in [-0.39, 0.29) is 6.04 Å². The summed E-state index contributed by atoms with van der Waals surface area (Å²) in [6, 6.07) is 16.6. The van der Waals surface area contributed by atoms with Crippen molar-refractivity contribution in [3.63, 3.8) is 0 Å². The Hall–Kier alpha value is -1.46. The first kappa shape index (κ1) is 15.4. The highest BCUT2D eigenvalue weighted by Crippen LogP contribution is 2.29. The topological polar surface area (TPSA) is 30.7 Å². The van der Waals surface area contributed by atoms with Gasteiger partial charge in [0.15, 0.2) is 11.6 Å². The zero-order chi connectivity index (χ0) is 15.7. The summed E-state index contributed by atoms with van der Waals surface area (Å²) in [6.07, 6.45) is 0. The van der Waals surface area contributed by atoms with Crippen LogP contribution in [0.3, 0.4) is 0 Å². The molecule has 0 saturated heterocycles. The molecule has 112 valence electrons. The molecule has 0 fully saturated rings. The van der Waals surface area contributed by atoms with Crippen molar-refractivity contribution in [3.05, 3.63) is 57.5 Å². The number of benzene rings is 2. The van der Waals surface area contributed by atoms with E-state index in [4.69, 9.17) is 0 Å². The van der Waals surface area contributed by atoms with Gasteiger partial charge in [-0.25, -0.2) is 0 Å². The van der Waals surface area contributed by atoms with Gasteiger partial charge in [-0.2, -0.15) is 0 Å². The van der Waals surface area contributed by atoms with Crippen LogP contribution in [0.1, 0.15) is 19.9 Å². The predicted molar refractivity (Wildman–Crippen MR) is 96.7 cm³/mol. The smallest absolute Gasteiger partial charge is 0.164 e. The zero-order valence-electron chi connectivity index (χ0n) is 12.3. The first-order valence-corrected chi connectivity index (χ1v) is 8.61. The monoisotopic (exact) mass is 419 g/mol. The van der Waals surface area contributed by atoms with Crippen LogP contribution in [0, 0.1) is 0 Å². The molecule has 0 bridgehead atoms. The van der Waals surface area contributed by atoms with E-state index in [2.05, 4.69) is 84.7 Å². The second-order valence-electron chi connectivity index (χ2n) is 5.32. The van der Waals surface area contributed by atoms with Gasteiger partial charge in [0.2, 0.25) is 0 Å². The van der Waals surface area contributed by atoms with Crippen molar-refractivity contribution in [3.8, 4) is 22.8 Å². The van der Waals surface area contributed by atoms with Crippen LogP contribution in [0.4, 0.5) is 0 Å². The molecule has 5 heteroatoms. The minimum absolute atomic E-state index is 0.271. The molecule has 2 aromatic carbocycles. The lowest BCUT2D eigenvalue weighted by atomic mass is 10.1. The molecule has 1 aromatic heterocycles. The minimum atomic E-state index is 0.271. The first-order chi connectivity index (χ1) is 10.6. The van der Waals surface area contributed by atoms with Gasteiger partial charge in [-0.05, 0) is 38.1 Å². The Bertz CT molecular complexity index is 712. The van der Waals surface area contributed by atoms with Crippen molar-refractivity contribution in [2.24, 2.45) is 0 Å². The van der Waals surface area contributed by atoms with Gasteiger partial charge in [-0.1, -0.05) is 56.1 Å². The molecule has 1 heterocycles. The first-order valence-electron chi connectivity index (χ1n) is 7.03. The lowest BCUT2D eigenvalue weighted by Gasteiger charge is -2.14. The highest BCUT2D eigenvalue weighted by Gasteiger charge is 2.17. The van der Waals surface area contributed by atoms with E-state index in [9.17, 15) is 0 Å². The molecule has 0 atom stereocenters. The van der Waals surface area contributed by atoms with Gasteiger partial charge in [-0.15, -0.1) is 10.2 Å². The third kappa shape index (κ3) is 3.01. The molecule has 0 radical (unpaired) electrons. The molecule has 0 aliphatic rings. The summed E-state index contributed by atoms with van der Waals surface area (Å²) >= 11 is 6.93. The highest BCUT2D eigenvalue weighted by atomic mass is 79.9. The molecule has 3 rings (SSSR count). The summed E-state index contributed by atoms with van der Waals surface area (Å²) in [5, 5.41) is 8.84. The molecule has 0 saturated carbocycles. The Labute approximate surface area is 146 Å². The molecule has 0 unspecified atom stereocenters. The fourth-order valence-electron chi connectivity index (χ4n) is 2.37. The Kier molecular flexibility index (Phi) is 4.45. The van der Waals surface area contributed by atoms with Crippen molar-refractivity contribution >= 4 is 31.9 Å². The lowest BCUT2D eigenvalue weighted by Crippen LogP contribution is -2.05. The largest absolute Gasteiger partial charge is 0.304 e. The molecule has 0 N–H and O–H groups in total. The highest BCUT2D eigenvalue weighted by molar-refractivity contribution is 9.10. The number of halogens is 2. The predicted octanol–water partition coefficient (Wildman–Crippen LogP) is 5.72. The maximum Gasteiger partial charge on any atom is 0.164 e. The summed E-state index contributed by atoms with van der Waals surface area (Å²) in [7, 11) is 0. The van der Waals surface area contributed by atoms with Crippen molar-refractivity contribution in [1.82, 2.24) is 14.8 Å². The molecular formula is C17H15Br2N3. The molecule has 22 heavy (non-hydrogen) atoms. The van der Waals surface area contributed by atoms with Crippen LogP contribution in [0.2, 0.25) is 0 Å². The molecule has 0 amide bonds. The summed E-state index contributed by atoms with van der Waals surface area (Å²) in [5.74, 6) is 1.78. The van der Waals surface area contributed by atoms with Crippen LogP contribution >= 0.6 is 31.9 Å². The van der Waals surface area contributed by atoms with Crippen LogP contribution in [-0.4, -0.2) is 14.8 Å². The standard InChI is InChI=1S/C17H15Br2N3/c1-11(2)22-16(12-3-7-14(18)8-4-12)20-21-17(22)13-5-9-15(19)10-6-13/h3-11H,1-2H3. The number of rotatable bonds is 3. The van der Waals surface area contributed by atoms with E-state index >= 15 is 0 Å². The number of hydrogen-bond donors (Lipinski definition) is 0. The average Bonchev–Trinajstić information content (AvgIpc) is 2.94.